The molecule has 1 fully saturated rings. The van der Waals surface area contributed by atoms with Gasteiger partial charge in [0.05, 0.1) is 37.8 Å². The predicted molar refractivity (Wildman–Crippen MR) is 133 cm³/mol. The largest absolute Gasteiger partial charge is 0.493 e. The van der Waals surface area contributed by atoms with Crippen molar-refractivity contribution in [3.8, 4) is 11.5 Å². The number of carbonyl (C=O) groups excluding carboxylic acids is 2. The minimum absolute atomic E-state index is 0.0130. The summed E-state index contributed by atoms with van der Waals surface area (Å²) in [6.07, 6.45) is 1.76. The van der Waals surface area contributed by atoms with Crippen LogP contribution in [0.15, 0.2) is 52.1 Å². The molecule has 0 radical (unpaired) electrons. The van der Waals surface area contributed by atoms with Crippen LogP contribution in [0.25, 0.3) is 10.9 Å². The van der Waals surface area contributed by atoms with E-state index in [0.29, 0.717) is 30.2 Å². The maximum atomic E-state index is 13.5. The van der Waals surface area contributed by atoms with Crippen LogP contribution in [0.4, 0.5) is 0 Å². The second kappa shape index (κ2) is 11.2. The molecule has 4 rings (SSSR count). The number of ether oxygens (including phenoxy) is 3. The summed E-state index contributed by atoms with van der Waals surface area (Å²) in [4.78, 5) is 52.2. The first-order chi connectivity index (χ1) is 17.4. The Morgan fingerprint density at radius 1 is 1.06 bits per heavy atom. The molecule has 3 aromatic rings. The van der Waals surface area contributed by atoms with Gasteiger partial charge in [0, 0.05) is 37.7 Å². The monoisotopic (exact) mass is 495 g/mol. The lowest BCUT2D eigenvalue weighted by Gasteiger charge is -2.16. The summed E-state index contributed by atoms with van der Waals surface area (Å²) >= 11 is 0. The molecule has 0 bridgehead atoms. The molecule has 1 saturated heterocycles. The molecule has 0 aliphatic carbocycles. The number of nitrogens with one attached hydrogen (secondary N) is 1. The average Bonchev–Trinajstić information content (AvgIpc) is 3.43. The molecule has 0 saturated carbocycles. The van der Waals surface area contributed by atoms with Gasteiger partial charge in [0.2, 0.25) is 5.91 Å². The first-order valence-corrected chi connectivity index (χ1v) is 11.8. The molecule has 10 nitrogen and oxygen atoms in total. The Bertz CT molecular complexity index is 1370. The van der Waals surface area contributed by atoms with Crippen LogP contribution in [0.1, 0.15) is 29.6 Å². The predicted octanol–water partition coefficient (Wildman–Crippen LogP) is 1.75. The Labute approximate surface area is 207 Å². The first kappa shape index (κ1) is 25.2. The number of Topliss-reactive ketones (excluding diaryl/α,β-unsaturated/α-hetero) is 1. The molecular formula is C26H29N3O7. The summed E-state index contributed by atoms with van der Waals surface area (Å²) in [6, 6.07) is 11.6. The fourth-order valence-corrected chi connectivity index (χ4v) is 4.29. The molecule has 2 aromatic carbocycles. The summed E-state index contributed by atoms with van der Waals surface area (Å²) in [5.74, 6) is 0.0305. The van der Waals surface area contributed by atoms with E-state index in [2.05, 4.69) is 5.32 Å². The molecule has 2 heterocycles. The smallest absolute Gasteiger partial charge is 0.331 e. The molecule has 1 aliphatic rings. The molecule has 1 unspecified atom stereocenters. The van der Waals surface area contributed by atoms with E-state index in [0.717, 1.165) is 17.4 Å². The number of carbonyl (C=O) groups is 2. The highest BCUT2D eigenvalue weighted by Gasteiger charge is 2.20. The number of ketones is 1. The Hall–Kier alpha value is -3.92. The normalized spacial score (nSPS) is 15.1. The van der Waals surface area contributed by atoms with Gasteiger partial charge in [-0.05, 0) is 18.9 Å². The Kier molecular flexibility index (Phi) is 7.84. The molecule has 1 aromatic heterocycles. The van der Waals surface area contributed by atoms with Crippen molar-refractivity contribution in [1.82, 2.24) is 14.5 Å². The number of hydrogen-bond acceptors (Lipinski definition) is 7. The standard InChI is InChI=1S/C26H29N3O7/c1-34-22-13-19-20(14-23(22)35-2)29(16-21(30)17-7-4-3-5-8-17)26(33)28(25(19)32)11-10-24(31)27-15-18-9-6-12-36-18/h3-5,7-8,13-14,18H,6,9-12,15-16H2,1-2H3,(H,27,31). The third-order valence-corrected chi connectivity index (χ3v) is 6.24. The van der Waals surface area contributed by atoms with Crippen LogP contribution in [0.3, 0.4) is 0 Å². The van der Waals surface area contributed by atoms with Crippen molar-refractivity contribution in [2.75, 3.05) is 27.4 Å². The van der Waals surface area contributed by atoms with Gasteiger partial charge < -0.3 is 19.5 Å². The van der Waals surface area contributed by atoms with Crippen LogP contribution in [0, 0.1) is 0 Å². The minimum atomic E-state index is -0.684. The van der Waals surface area contributed by atoms with Gasteiger partial charge in [-0.25, -0.2) is 4.79 Å². The minimum Gasteiger partial charge on any atom is -0.493 e. The van der Waals surface area contributed by atoms with E-state index in [-0.39, 0.29) is 48.2 Å². The maximum Gasteiger partial charge on any atom is 0.331 e. The third-order valence-electron chi connectivity index (χ3n) is 6.24. The molecule has 10 heteroatoms. The van der Waals surface area contributed by atoms with Gasteiger partial charge in [0.1, 0.15) is 0 Å². The topological polar surface area (TPSA) is 118 Å². The zero-order valence-electron chi connectivity index (χ0n) is 20.3. The summed E-state index contributed by atoms with van der Waals surface area (Å²) in [7, 11) is 2.88. The molecule has 1 aliphatic heterocycles. The van der Waals surface area contributed by atoms with Crippen LogP contribution in [0.5, 0.6) is 11.5 Å². The summed E-state index contributed by atoms with van der Waals surface area (Å²) < 4.78 is 18.4. The molecule has 190 valence electrons. The summed E-state index contributed by atoms with van der Waals surface area (Å²) in [6.45, 7) is 0.639. The van der Waals surface area contributed by atoms with Crippen molar-refractivity contribution >= 4 is 22.6 Å². The Morgan fingerprint density at radius 3 is 2.44 bits per heavy atom. The number of aromatic nitrogens is 2. The highest BCUT2D eigenvalue weighted by atomic mass is 16.5. The molecule has 1 amide bonds. The van der Waals surface area contributed by atoms with Crippen LogP contribution in [-0.4, -0.2) is 54.3 Å². The lowest BCUT2D eigenvalue weighted by atomic mass is 10.1. The lowest BCUT2D eigenvalue weighted by molar-refractivity contribution is -0.121. The fraction of sp³-hybridized carbons (Fsp3) is 0.385. The number of methoxy groups -OCH3 is 2. The highest BCUT2D eigenvalue weighted by molar-refractivity contribution is 5.96. The number of fused-ring (bicyclic) bond motifs is 1. The number of benzene rings is 2. The molecule has 1 atom stereocenters. The van der Waals surface area contributed by atoms with Crippen molar-refractivity contribution in [2.24, 2.45) is 0 Å². The molecule has 1 N–H and O–H groups in total. The second-order valence-electron chi connectivity index (χ2n) is 8.53. The van der Waals surface area contributed by atoms with E-state index in [1.165, 1.54) is 30.9 Å². The van der Waals surface area contributed by atoms with Crippen LogP contribution in [-0.2, 0) is 22.6 Å². The number of rotatable bonds is 10. The van der Waals surface area contributed by atoms with Crippen molar-refractivity contribution in [2.45, 2.75) is 38.5 Å². The Balaban J connectivity index is 1.70. The summed E-state index contributed by atoms with van der Waals surface area (Å²) in [5.41, 5.74) is -0.586. The molecule has 0 spiro atoms. The number of amides is 1. The van der Waals surface area contributed by atoms with Gasteiger partial charge in [-0.2, -0.15) is 0 Å². The third kappa shape index (κ3) is 5.33. The van der Waals surface area contributed by atoms with E-state index in [1.54, 1.807) is 30.3 Å². The van der Waals surface area contributed by atoms with E-state index in [1.807, 2.05) is 0 Å². The number of nitrogens with zero attached hydrogens (tertiary/aromatic N) is 2. The van der Waals surface area contributed by atoms with Gasteiger partial charge in [-0.1, -0.05) is 30.3 Å². The fourth-order valence-electron chi connectivity index (χ4n) is 4.29. The van der Waals surface area contributed by atoms with Gasteiger partial charge >= 0.3 is 5.69 Å². The first-order valence-electron chi connectivity index (χ1n) is 11.8. The van der Waals surface area contributed by atoms with Crippen LogP contribution < -0.4 is 26.0 Å². The maximum absolute atomic E-state index is 13.5. The zero-order chi connectivity index (χ0) is 25.7. The Morgan fingerprint density at radius 2 is 1.78 bits per heavy atom. The second-order valence-corrected chi connectivity index (χ2v) is 8.53. The van der Waals surface area contributed by atoms with E-state index in [4.69, 9.17) is 14.2 Å². The molecular weight excluding hydrogens is 466 g/mol. The average molecular weight is 496 g/mol. The van der Waals surface area contributed by atoms with Gasteiger partial charge in [-0.15, -0.1) is 0 Å². The van der Waals surface area contributed by atoms with Crippen molar-refractivity contribution < 1.29 is 23.8 Å². The van der Waals surface area contributed by atoms with Crippen LogP contribution >= 0.6 is 0 Å². The van der Waals surface area contributed by atoms with Crippen LogP contribution in [0.2, 0.25) is 0 Å². The van der Waals surface area contributed by atoms with E-state index >= 15 is 0 Å². The van der Waals surface area contributed by atoms with E-state index in [9.17, 15) is 19.2 Å². The van der Waals surface area contributed by atoms with E-state index < -0.39 is 11.2 Å². The summed E-state index contributed by atoms with van der Waals surface area (Å²) in [5, 5.41) is 2.97. The van der Waals surface area contributed by atoms with Crippen molar-refractivity contribution in [1.29, 1.82) is 0 Å². The molecule has 36 heavy (non-hydrogen) atoms. The van der Waals surface area contributed by atoms with Crippen molar-refractivity contribution in [3.05, 3.63) is 68.9 Å². The quantitative estimate of drug-likeness (QED) is 0.426. The highest BCUT2D eigenvalue weighted by Crippen LogP contribution is 2.30. The number of hydrogen-bond donors (Lipinski definition) is 1. The zero-order valence-corrected chi connectivity index (χ0v) is 20.3. The van der Waals surface area contributed by atoms with Gasteiger partial charge in [0.25, 0.3) is 5.56 Å². The van der Waals surface area contributed by atoms with Crippen molar-refractivity contribution in [3.63, 3.8) is 0 Å². The van der Waals surface area contributed by atoms with Gasteiger partial charge in [-0.3, -0.25) is 23.5 Å². The SMILES string of the molecule is COc1cc2c(=O)n(CCC(=O)NCC3CCCO3)c(=O)n(CC(=O)c3ccccc3)c2cc1OC. The lowest BCUT2D eigenvalue weighted by Crippen LogP contribution is -2.42. The van der Waals surface area contributed by atoms with Gasteiger partial charge in [0.15, 0.2) is 17.3 Å².